The first-order valence-corrected chi connectivity index (χ1v) is 8.35. The first kappa shape index (κ1) is 20.8. The van der Waals surface area contributed by atoms with Crippen LogP contribution >= 0.6 is 0 Å². The Morgan fingerprint density at radius 2 is 1.75 bits per heavy atom. The van der Waals surface area contributed by atoms with Gasteiger partial charge in [0.1, 0.15) is 5.78 Å². The average Bonchev–Trinajstić information content (AvgIpc) is 2.63. The maximum Gasteiger partial charge on any atom is 0.336 e. The molecule has 148 valence electrons. The summed E-state index contributed by atoms with van der Waals surface area (Å²) in [5.74, 6) is -3.62. The van der Waals surface area contributed by atoms with Crippen LogP contribution < -0.4 is 0 Å². The molecule has 1 aromatic carbocycles. The van der Waals surface area contributed by atoms with Gasteiger partial charge in [-0.05, 0) is 20.8 Å². The summed E-state index contributed by atoms with van der Waals surface area (Å²) in [6.45, 7) is 4.26. The van der Waals surface area contributed by atoms with Gasteiger partial charge < -0.3 is 14.7 Å². The number of carboxylic acid groups (broad SMARTS) is 1. The molecule has 0 spiro atoms. The smallest absolute Gasteiger partial charge is 0.336 e. The van der Waals surface area contributed by atoms with Crippen molar-refractivity contribution in [3.05, 3.63) is 62.5 Å². The first-order chi connectivity index (χ1) is 13.1. The molecule has 0 bridgehead atoms. The van der Waals surface area contributed by atoms with Crippen LogP contribution in [0.4, 0.5) is 5.69 Å². The number of aliphatic carboxylic acids is 1. The molecule has 1 aromatic rings. The Kier molecular flexibility index (Phi) is 5.97. The molecule has 0 amide bonds. The number of allylic oxidation sites excluding steroid dienone is 2. The highest BCUT2D eigenvalue weighted by Gasteiger charge is 2.42. The molecule has 1 atom stereocenters. The molecular weight excluding hydrogens is 368 g/mol. The van der Waals surface area contributed by atoms with Gasteiger partial charge in [0, 0.05) is 23.0 Å². The number of esters is 1. The van der Waals surface area contributed by atoms with Crippen molar-refractivity contribution in [3.63, 3.8) is 0 Å². The molecule has 1 heterocycles. The molecule has 1 aliphatic rings. The van der Waals surface area contributed by atoms with Crippen molar-refractivity contribution in [2.75, 3.05) is 13.7 Å². The Labute approximate surface area is 161 Å². The lowest BCUT2D eigenvalue weighted by Crippen LogP contribution is -2.37. The number of hydrogen-bond acceptors (Lipinski definition) is 7. The number of carbonyl (C=O) groups is 3. The zero-order valence-electron chi connectivity index (χ0n) is 15.9. The van der Waals surface area contributed by atoms with Crippen LogP contribution in [-0.2, 0) is 19.1 Å². The quantitative estimate of drug-likeness (QED) is 0.447. The maximum absolute atomic E-state index is 12.6. The van der Waals surface area contributed by atoms with Crippen molar-refractivity contribution in [1.29, 1.82) is 0 Å². The van der Waals surface area contributed by atoms with Crippen molar-refractivity contribution < 1.29 is 29.2 Å². The van der Waals surface area contributed by atoms with Gasteiger partial charge >= 0.3 is 11.9 Å². The van der Waals surface area contributed by atoms with Gasteiger partial charge in [-0.15, -0.1) is 0 Å². The number of rotatable bonds is 6. The van der Waals surface area contributed by atoms with Crippen molar-refractivity contribution in [2.24, 2.45) is 0 Å². The molecule has 9 nitrogen and oxygen atoms in total. The van der Waals surface area contributed by atoms with Crippen LogP contribution in [0.2, 0.25) is 0 Å². The van der Waals surface area contributed by atoms with Gasteiger partial charge in [-0.3, -0.25) is 14.9 Å². The van der Waals surface area contributed by atoms with Crippen molar-refractivity contribution in [1.82, 2.24) is 4.90 Å². The Morgan fingerprint density at radius 3 is 2.25 bits per heavy atom. The van der Waals surface area contributed by atoms with E-state index in [4.69, 9.17) is 4.74 Å². The summed E-state index contributed by atoms with van der Waals surface area (Å²) in [6.07, 6.45) is 0. The third-order valence-corrected chi connectivity index (χ3v) is 4.63. The predicted molar refractivity (Wildman–Crippen MR) is 98.3 cm³/mol. The number of ketones is 1. The molecule has 0 aliphatic carbocycles. The second-order valence-corrected chi connectivity index (χ2v) is 6.33. The summed E-state index contributed by atoms with van der Waals surface area (Å²) in [6, 6.07) is 5.65. The summed E-state index contributed by atoms with van der Waals surface area (Å²) in [7, 11) is 1.14. The molecular formula is C19H20N2O7. The van der Waals surface area contributed by atoms with E-state index in [-0.39, 0.29) is 40.4 Å². The van der Waals surface area contributed by atoms with Crippen molar-refractivity contribution in [2.45, 2.75) is 26.7 Å². The molecule has 28 heavy (non-hydrogen) atoms. The SMILES string of the molecule is COC(=O)C1=C(C)N(CC(C)=O)C(C)=C(C(=O)O)C1c1ccccc1[N+](=O)[O-]. The second-order valence-electron chi connectivity index (χ2n) is 6.33. The summed E-state index contributed by atoms with van der Waals surface area (Å²) in [5, 5.41) is 21.4. The maximum atomic E-state index is 12.6. The number of carboxylic acids is 1. The molecule has 1 aliphatic heterocycles. The number of Topliss-reactive ketones (excluding diaryl/α,β-unsaturated/α-hetero) is 1. The summed E-state index contributed by atoms with van der Waals surface area (Å²) in [4.78, 5) is 48.7. The van der Waals surface area contributed by atoms with Crippen LogP contribution in [0.3, 0.4) is 0 Å². The number of methoxy groups -OCH3 is 1. The third kappa shape index (κ3) is 3.64. The van der Waals surface area contributed by atoms with Gasteiger partial charge in [0.25, 0.3) is 5.69 Å². The van der Waals surface area contributed by atoms with E-state index < -0.39 is 22.8 Å². The number of nitro groups is 1. The fraction of sp³-hybridized carbons (Fsp3) is 0.316. The molecule has 0 saturated heterocycles. The van der Waals surface area contributed by atoms with E-state index in [1.165, 1.54) is 43.0 Å². The lowest BCUT2D eigenvalue weighted by molar-refractivity contribution is -0.385. The molecule has 0 fully saturated rings. The van der Waals surface area contributed by atoms with Gasteiger partial charge in [-0.25, -0.2) is 9.59 Å². The summed E-state index contributed by atoms with van der Waals surface area (Å²) in [5.41, 5.74) is 0.0195. The van der Waals surface area contributed by atoms with E-state index in [9.17, 15) is 29.6 Å². The molecule has 0 radical (unpaired) electrons. The molecule has 0 aromatic heterocycles. The van der Waals surface area contributed by atoms with Gasteiger partial charge in [0.15, 0.2) is 0 Å². The molecule has 0 saturated carbocycles. The zero-order valence-corrected chi connectivity index (χ0v) is 15.9. The number of carbonyl (C=O) groups excluding carboxylic acids is 2. The van der Waals surface area contributed by atoms with Crippen LogP contribution in [0.1, 0.15) is 32.3 Å². The number of ether oxygens (including phenoxy) is 1. The topological polar surface area (TPSA) is 127 Å². The minimum atomic E-state index is -1.34. The highest BCUT2D eigenvalue weighted by atomic mass is 16.6. The number of hydrogen-bond donors (Lipinski definition) is 1. The Bertz CT molecular complexity index is 930. The second kappa shape index (κ2) is 8.03. The number of benzene rings is 1. The van der Waals surface area contributed by atoms with E-state index in [0.29, 0.717) is 5.70 Å². The van der Waals surface area contributed by atoms with E-state index >= 15 is 0 Å². The largest absolute Gasteiger partial charge is 0.478 e. The van der Waals surface area contributed by atoms with Gasteiger partial charge in [0.05, 0.1) is 35.6 Å². The third-order valence-electron chi connectivity index (χ3n) is 4.63. The van der Waals surface area contributed by atoms with Gasteiger partial charge in [-0.1, -0.05) is 18.2 Å². The predicted octanol–water partition coefficient (Wildman–Crippen LogP) is 2.39. The highest BCUT2D eigenvalue weighted by molar-refractivity contribution is 5.99. The molecule has 9 heteroatoms. The highest BCUT2D eigenvalue weighted by Crippen LogP contribution is 2.44. The van der Waals surface area contributed by atoms with E-state index in [2.05, 4.69) is 0 Å². The fourth-order valence-electron chi connectivity index (χ4n) is 3.43. The fourth-order valence-corrected chi connectivity index (χ4v) is 3.43. The van der Waals surface area contributed by atoms with Gasteiger partial charge in [0.2, 0.25) is 0 Å². The minimum Gasteiger partial charge on any atom is -0.478 e. The lowest BCUT2D eigenvalue weighted by Gasteiger charge is -2.36. The monoisotopic (exact) mass is 388 g/mol. The van der Waals surface area contributed by atoms with Crippen LogP contribution in [-0.4, -0.2) is 46.3 Å². The van der Waals surface area contributed by atoms with Gasteiger partial charge in [-0.2, -0.15) is 0 Å². The Balaban J connectivity index is 2.88. The van der Waals surface area contributed by atoms with E-state index in [0.717, 1.165) is 7.11 Å². The number of para-hydroxylation sites is 1. The number of nitro benzene ring substituents is 1. The normalized spacial score (nSPS) is 16.9. The Morgan fingerprint density at radius 1 is 1.18 bits per heavy atom. The summed E-state index contributed by atoms with van der Waals surface area (Å²) >= 11 is 0. The average molecular weight is 388 g/mol. The Hall–Kier alpha value is -3.49. The van der Waals surface area contributed by atoms with Crippen LogP contribution in [0.15, 0.2) is 46.8 Å². The minimum absolute atomic E-state index is 0.0546. The molecule has 2 rings (SSSR count). The van der Waals surface area contributed by atoms with E-state index in [1.807, 2.05) is 0 Å². The van der Waals surface area contributed by atoms with Crippen LogP contribution in [0.5, 0.6) is 0 Å². The van der Waals surface area contributed by atoms with Crippen LogP contribution in [0.25, 0.3) is 0 Å². The standard InChI is InChI=1S/C19H20N2O7/c1-10(22)9-20-11(2)15(18(23)24)17(16(12(20)3)19(25)28-4)13-7-5-6-8-14(13)21(26)27/h5-8,17H,9H2,1-4H3,(H,23,24). The van der Waals surface area contributed by atoms with Crippen molar-refractivity contribution >= 4 is 23.4 Å². The summed E-state index contributed by atoms with van der Waals surface area (Å²) < 4.78 is 4.84. The van der Waals surface area contributed by atoms with E-state index in [1.54, 1.807) is 6.92 Å². The molecule has 1 N–H and O–H groups in total. The lowest BCUT2D eigenvalue weighted by atomic mass is 9.79. The zero-order chi connectivity index (χ0) is 21.2. The number of nitrogens with zero attached hydrogens (tertiary/aromatic N) is 2. The molecule has 1 unspecified atom stereocenters. The van der Waals surface area contributed by atoms with Crippen LogP contribution in [0, 0.1) is 10.1 Å². The van der Waals surface area contributed by atoms with Crippen molar-refractivity contribution in [3.8, 4) is 0 Å². The first-order valence-electron chi connectivity index (χ1n) is 8.35.